The maximum Gasteiger partial charge on any atom is 0.261 e. The molecule has 2 amide bonds. The van der Waals surface area contributed by atoms with Crippen molar-refractivity contribution in [2.24, 2.45) is 11.1 Å². The van der Waals surface area contributed by atoms with Gasteiger partial charge in [-0.05, 0) is 49.9 Å². The molecule has 1 aliphatic carbocycles. The van der Waals surface area contributed by atoms with E-state index in [1.807, 2.05) is 31.2 Å². The molecule has 0 atom stereocenters. The van der Waals surface area contributed by atoms with E-state index in [-0.39, 0.29) is 11.5 Å². The topological polar surface area (TPSA) is 155 Å². The fraction of sp³-hybridized carbons (Fsp3) is 0.318. The first-order valence-electron chi connectivity index (χ1n) is 10.4. The van der Waals surface area contributed by atoms with Crippen molar-refractivity contribution in [3.63, 3.8) is 0 Å². The highest BCUT2D eigenvalue weighted by molar-refractivity contribution is 6.07. The molecule has 0 spiro atoms. The number of nitrogens with one attached hydrogen (secondary N) is 4. The summed E-state index contributed by atoms with van der Waals surface area (Å²) in [5, 5.41) is 9.46. The standard InChI is InChI=1S/C22H25N7O3/c1-13-4-2-5-14(12-13)27-17-16-15(6-11-24-18(16)30)28-21(29-17)26-10-3-9-25-20(32)22(7-8-22)19(23)31/h2,4-6,11-12H,3,7-10H2,1H3,(H2,23,31)(H,24,30)(H,25,32)(H2,26,27,28,29). The van der Waals surface area contributed by atoms with Gasteiger partial charge in [0.25, 0.3) is 5.56 Å². The minimum absolute atomic E-state index is 0.282. The van der Waals surface area contributed by atoms with Crippen LogP contribution in [-0.2, 0) is 9.59 Å². The molecule has 32 heavy (non-hydrogen) atoms. The SMILES string of the molecule is Cc1cccc(Nc2nc(NCCCNC(=O)C3(C(N)=O)CC3)nc3cc[nH]c(=O)c23)c1. The molecule has 0 unspecified atom stereocenters. The summed E-state index contributed by atoms with van der Waals surface area (Å²) in [6.07, 6.45) is 3.15. The molecule has 1 aliphatic rings. The Balaban J connectivity index is 1.43. The van der Waals surface area contributed by atoms with Crippen LogP contribution >= 0.6 is 0 Å². The number of anilines is 3. The molecule has 3 aromatic rings. The molecule has 2 heterocycles. The van der Waals surface area contributed by atoms with Crippen molar-refractivity contribution in [3.05, 3.63) is 52.4 Å². The summed E-state index contributed by atoms with van der Waals surface area (Å²) in [5.74, 6) is -0.118. The quantitative estimate of drug-likeness (QED) is 0.252. The zero-order chi connectivity index (χ0) is 22.7. The van der Waals surface area contributed by atoms with Gasteiger partial charge in [0.2, 0.25) is 17.8 Å². The molecule has 166 valence electrons. The lowest BCUT2D eigenvalue weighted by molar-refractivity contribution is -0.135. The zero-order valence-electron chi connectivity index (χ0n) is 17.7. The summed E-state index contributed by atoms with van der Waals surface area (Å²) in [5.41, 5.74) is 6.41. The van der Waals surface area contributed by atoms with E-state index in [1.165, 1.54) is 0 Å². The van der Waals surface area contributed by atoms with Gasteiger partial charge in [0.15, 0.2) is 0 Å². The Kier molecular flexibility index (Phi) is 5.76. The van der Waals surface area contributed by atoms with E-state index in [2.05, 4.69) is 30.9 Å². The monoisotopic (exact) mass is 435 g/mol. The maximum absolute atomic E-state index is 12.4. The number of rotatable bonds is 9. The third-order valence-electron chi connectivity index (χ3n) is 5.48. The number of hydrogen-bond donors (Lipinski definition) is 5. The van der Waals surface area contributed by atoms with E-state index in [4.69, 9.17) is 5.73 Å². The van der Waals surface area contributed by atoms with Crippen molar-refractivity contribution in [1.29, 1.82) is 0 Å². The lowest BCUT2D eigenvalue weighted by Crippen LogP contribution is -2.41. The zero-order valence-corrected chi connectivity index (χ0v) is 17.7. The van der Waals surface area contributed by atoms with Gasteiger partial charge in [-0.1, -0.05) is 12.1 Å². The largest absolute Gasteiger partial charge is 0.369 e. The van der Waals surface area contributed by atoms with Crippen molar-refractivity contribution in [3.8, 4) is 0 Å². The summed E-state index contributed by atoms with van der Waals surface area (Å²) in [6.45, 7) is 2.86. The van der Waals surface area contributed by atoms with Crippen LogP contribution in [-0.4, -0.2) is 39.9 Å². The van der Waals surface area contributed by atoms with Gasteiger partial charge in [-0.3, -0.25) is 14.4 Å². The van der Waals surface area contributed by atoms with E-state index in [0.29, 0.717) is 55.0 Å². The van der Waals surface area contributed by atoms with Gasteiger partial charge in [0.1, 0.15) is 16.6 Å². The maximum atomic E-state index is 12.4. The third kappa shape index (κ3) is 4.39. The van der Waals surface area contributed by atoms with Crippen molar-refractivity contribution in [2.45, 2.75) is 26.2 Å². The Morgan fingerprint density at radius 2 is 2.00 bits per heavy atom. The van der Waals surface area contributed by atoms with Crippen LogP contribution in [0.25, 0.3) is 10.9 Å². The minimum Gasteiger partial charge on any atom is -0.369 e. The fourth-order valence-corrected chi connectivity index (χ4v) is 3.49. The Morgan fingerprint density at radius 3 is 2.72 bits per heavy atom. The number of aromatic nitrogens is 3. The van der Waals surface area contributed by atoms with Crippen molar-refractivity contribution >= 4 is 40.2 Å². The van der Waals surface area contributed by atoms with Crippen molar-refractivity contribution in [1.82, 2.24) is 20.3 Å². The Bertz CT molecular complexity index is 1230. The molecule has 1 aromatic carbocycles. The summed E-state index contributed by atoms with van der Waals surface area (Å²) >= 11 is 0. The molecule has 6 N–H and O–H groups in total. The van der Waals surface area contributed by atoms with Gasteiger partial charge in [0, 0.05) is 25.0 Å². The first-order valence-corrected chi connectivity index (χ1v) is 10.4. The van der Waals surface area contributed by atoms with Crippen LogP contribution in [0.15, 0.2) is 41.3 Å². The van der Waals surface area contributed by atoms with Crippen LogP contribution in [0.5, 0.6) is 0 Å². The molecule has 0 aliphatic heterocycles. The minimum atomic E-state index is -1.02. The number of amides is 2. The average Bonchev–Trinajstić information content (AvgIpc) is 3.56. The first-order chi connectivity index (χ1) is 15.4. The highest BCUT2D eigenvalue weighted by Crippen LogP contribution is 2.45. The molecule has 0 bridgehead atoms. The summed E-state index contributed by atoms with van der Waals surface area (Å²) in [6, 6.07) is 9.47. The number of carbonyl (C=O) groups excluding carboxylic acids is 2. The molecule has 0 saturated heterocycles. The number of nitrogens with two attached hydrogens (primary N) is 1. The second-order valence-electron chi connectivity index (χ2n) is 7.94. The van der Waals surface area contributed by atoms with E-state index in [1.54, 1.807) is 12.3 Å². The smallest absolute Gasteiger partial charge is 0.261 e. The molecule has 0 radical (unpaired) electrons. The van der Waals surface area contributed by atoms with Gasteiger partial charge in [-0.2, -0.15) is 4.98 Å². The average molecular weight is 435 g/mol. The number of aromatic amines is 1. The van der Waals surface area contributed by atoms with E-state index >= 15 is 0 Å². The van der Waals surface area contributed by atoms with Gasteiger partial charge in [-0.25, -0.2) is 4.98 Å². The molecule has 10 nitrogen and oxygen atoms in total. The first kappa shape index (κ1) is 21.3. The van der Waals surface area contributed by atoms with Crippen LogP contribution in [0, 0.1) is 12.3 Å². The molecule has 1 fully saturated rings. The lowest BCUT2D eigenvalue weighted by atomic mass is 10.1. The number of H-pyrrole nitrogens is 1. The number of fused-ring (bicyclic) bond motifs is 1. The predicted molar refractivity (Wildman–Crippen MR) is 122 cm³/mol. The number of hydrogen-bond acceptors (Lipinski definition) is 7. The highest BCUT2D eigenvalue weighted by atomic mass is 16.2. The number of carbonyl (C=O) groups is 2. The normalized spacial score (nSPS) is 14.0. The molecule has 2 aromatic heterocycles. The third-order valence-corrected chi connectivity index (χ3v) is 5.48. The second kappa shape index (κ2) is 8.66. The second-order valence-corrected chi connectivity index (χ2v) is 7.94. The molecule has 1 saturated carbocycles. The van der Waals surface area contributed by atoms with Crippen LogP contribution in [0.2, 0.25) is 0 Å². The van der Waals surface area contributed by atoms with Crippen LogP contribution in [0.1, 0.15) is 24.8 Å². The van der Waals surface area contributed by atoms with Crippen molar-refractivity contribution in [2.75, 3.05) is 23.7 Å². The van der Waals surface area contributed by atoms with Crippen LogP contribution < -0.4 is 27.2 Å². The lowest BCUT2D eigenvalue weighted by Gasteiger charge is -2.13. The Hall–Kier alpha value is -3.95. The Morgan fingerprint density at radius 1 is 1.19 bits per heavy atom. The molecule has 4 rings (SSSR count). The van der Waals surface area contributed by atoms with E-state index in [0.717, 1.165) is 11.3 Å². The summed E-state index contributed by atoms with van der Waals surface area (Å²) in [7, 11) is 0. The predicted octanol–water partition coefficient (Wildman–Crippen LogP) is 1.55. The van der Waals surface area contributed by atoms with Gasteiger partial charge >= 0.3 is 0 Å². The van der Waals surface area contributed by atoms with E-state index in [9.17, 15) is 14.4 Å². The Labute approximate surface area is 184 Å². The fourth-order valence-electron chi connectivity index (χ4n) is 3.49. The van der Waals surface area contributed by atoms with Gasteiger partial charge in [-0.15, -0.1) is 0 Å². The van der Waals surface area contributed by atoms with Gasteiger partial charge in [0.05, 0.1) is 5.52 Å². The van der Waals surface area contributed by atoms with E-state index < -0.39 is 11.3 Å². The molecular weight excluding hydrogens is 410 g/mol. The van der Waals surface area contributed by atoms with Crippen LogP contribution in [0.3, 0.4) is 0 Å². The molecule has 10 heteroatoms. The summed E-state index contributed by atoms with van der Waals surface area (Å²) in [4.78, 5) is 47.5. The number of benzene rings is 1. The molecular formula is C22H25N7O3. The van der Waals surface area contributed by atoms with Crippen molar-refractivity contribution < 1.29 is 9.59 Å². The number of nitrogens with zero attached hydrogens (tertiary/aromatic N) is 2. The number of aryl methyl sites for hydroxylation is 1. The highest BCUT2D eigenvalue weighted by Gasteiger charge is 2.55. The van der Waals surface area contributed by atoms with Crippen LogP contribution in [0.4, 0.5) is 17.5 Å². The summed E-state index contributed by atoms with van der Waals surface area (Å²) < 4.78 is 0. The number of pyridine rings is 1. The number of primary amides is 1. The van der Waals surface area contributed by atoms with Gasteiger partial charge < -0.3 is 26.7 Å².